The summed E-state index contributed by atoms with van der Waals surface area (Å²) in [5.74, 6) is -0.541. The minimum absolute atomic E-state index is 0.0445. The molecule has 10 heteroatoms. The first kappa shape index (κ1) is 18.0. The fourth-order valence-corrected chi connectivity index (χ4v) is 1.95. The van der Waals surface area contributed by atoms with Crippen molar-refractivity contribution in [2.45, 2.75) is 6.18 Å². The molecule has 0 saturated heterocycles. The molecule has 0 spiro atoms. The predicted molar refractivity (Wildman–Crippen MR) is 81.0 cm³/mol. The monoisotopic (exact) mass is 352 g/mol. The Morgan fingerprint density at radius 2 is 2.12 bits per heavy atom. The van der Waals surface area contributed by atoms with E-state index in [9.17, 15) is 23.3 Å². The van der Waals surface area contributed by atoms with E-state index in [1.54, 1.807) is 0 Å². The van der Waals surface area contributed by atoms with Gasteiger partial charge in [0.2, 0.25) is 5.88 Å². The predicted octanol–water partition coefficient (Wildman–Crippen LogP) is 3.37. The first-order valence-electron chi connectivity index (χ1n) is 6.90. The van der Waals surface area contributed by atoms with E-state index in [1.807, 2.05) is 6.07 Å². The van der Waals surface area contributed by atoms with E-state index >= 15 is 0 Å². The number of rotatable bonds is 6. The molecule has 1 heterocycles. The van der Waals surface area contributed by atoms with Gasteiger partial charge in [0, 0.05) is 24.9 Å². The molecule has 0 aliphatic heterocycles. The van der Waals surface area contributed by atoms with Crippen LogP contribution in [0, 0.1) is 21.4 Å². The molecule has 25 heavy (non-hydrogen) atoms. The van der Waals surface area contributed by atoms with Crippen LogP contribution >= 0.6 is 0 Å². The maximum atomic E-state index is 12.8. The number of nitro benzene ring substituents is 1. The smallest absolute Gasteiger partial charge is 0.421 e. The zero-order chi connectivity index (χ0) is 18.4. The highest BCUT2D eigenvalue weighted by Crippen LogP contribution is 2.34. The van der Waals surface area contributed by atoms with Gasteiger partial charge in [0.1, 0.15) is 18.2 Å². The molecule has 2 aromatic rings. The number of anilines is 1. The standard InChI is InChI=1S/C15H11F3N4O3/c16-15(17,18)12-2-1-5-21-14(12)25-7-6-20-13-4-3-11(22(23)24)8-10(13)9-19/h1-5,8,20H,6-7H2. The van der Waals surface area contributed by atoms with Gasteiger partial charge in [-0.05, 0) is 18.2 Å². The van der Waals surface area contributed by atoms with Crippen LogP contribution < -0.4 is 10.1 Å². The van der Waals surface area contributed by atoms with Crippen LogP contribution in [0.2, 0.25) is 0 Å². The molecule has 0 saturated carbocycles. The number of nitriles is 1. The molecular formula is C15H11F3N4O3. The molecule has 130 valence electrons. The van der Waals surface area contributed by atoms with Crippen LogP contribution in [0.3, 0.4) is 0 Å². The quantitative estimate of drug-likeness (QED) is 0.486. The highest BCUT2D eigenvalue weighted by molar-refractivity contribution is 5.61. The van der Waals surface area contributed by atoms with E-state index < -0.39 is 22.5 Å². The molecule has 0 bridgehead atoms. The lowest BCUT2D eigenvalue weighted by atomic mass is 10.1. The van der Waals surface area contributed by atoms with Gasteiger partial charge in [0.05, 0.1) is 16.2 Å². The lowest BCUT2D eigenvalue weighted by Gasteiger charge is -2.13. The van der Waals surface area contributed by atoms with E-state index in [0.29, 0.717) is 5.69 Å². The second-order valence-electron chi connectivity index (χ2n) is 4.73. The topological polar surface area (TPSA) is 101 Å². The number of non-ortho nitro benzene ring substituents is 1. The number of aromatic nitrogens is 1. The summed E-state index contributed by atoms with van der Waals surface area (Å²) in [4.78, 5) is 13.6. The van der Waals surface area contributed by atoms with Crippen molar-refractivity contribution in [2.75, 3.05) is 18.5 Å². The van der Waals surface area contributed by atoms with Crippen LogP contribution in [0.4, 0.5) is 24.5 Å². The first-order chi connectivity index (χ1) is 11.8. The average Bonchev–Trinajstić information content (AvgIpc) is 2.58. The second kappa shape index (κ2) is 7.48. The SMILES string of the molecule is N#Cc1cc([N+](=O)[O-])ccc1NCCOc1ncccc1C(F)(F)F. The van der Waals surface area contributed by atoms with E-state index in [0.717, 1.165) is 18.2 Å². The van der Waals surface area contributed by atoms with E-state index in [2.05, 4.69) is 10.3 Å². The summed E-state index contributed by atoms with van der Waals surface area (Å²) in [7, 11) is 0. The summed E-state index contributed by atoms with van der Waals surface area (Å²) in [5.41, 5.74) is -0.860. The van der Waals surface area contributed by atoms with Crippen LogP contribution in [0.25, 0.3) is 0 Å². The summed E-state index contributed by atoms with van der Waals surface area (Å²) < 4.78 is 43.4. The first-order valence-corrected chi connectivity index (χ1v) is 6.90. The molecule has 0 aliphatic rings. The van der Waals surface area contributed by atoms with Crippen molar-refractivity contribution in [3.05, 3.63) is 57.8 Å². The normalized spacial score (nSPS) is 10.8. The number of nitrogens with one attached hydrogen (secondary N) is 1. The molecular weight excluding hydrogens is 341 g/mol. The van der Waals surface area contributed by atoms with Crippen LogP contribution in [-0.2, 0) is 6.18 Å². The number of hydrogen-bond acceptors (Lipinski definition) is 6. The van der Waals surface area contributed by atoms with Gasteiger partial charge in [-0.25, -0.2) is 4.98 Å². The van der Waals surface area contributed by atoms with Gasteiger partial charge in [-0.15, -0.1) is 0 Å². The third-order valence-corrected chi connectivity index (χ3v) is 3.07. The number of pyridine rings is 1. The molecule has 0 atom stereocenters. The molecule has 1 N–H and O–H groups in total. The molecule has 0 amide bonds. The summed E-state index contributed by atoms with van der Waals surface area (Å²) >= 11 is 0. The van der Waals surface area contributed by atoms with Crippen molar-refractivity contribution >= 4 is 11.4 Å². The van der Waals surface area contributed by atoms with Crippen molar-refractivity contribution in [3.8, 4) is 11.9 Å². The van der Waals surface area contributed by atoms with Gasteiger partial charge >= 0.3 is 6.18 Å². The molecule has 1 aromatic carbocycles. The minimum atomic E-state index is -4.58. The lowest BCUT2D eigenvalue weighted by Crippen LogP contribution is -2.16. The summed E-state index contributed by atoms with van der Waals surface area (Å²) in [5, 5.41) is 22.5. The maximum Gasteiger partial charge on any atom is 0.421 e. The van der Waals surface area contributed by atoms with Gasteiger partial charge < -0.3 is 10.1 Å². The number of nitro groups is 1. The van der Waals surface area contributed by atoms with Gasteiger partial charge in [-0.1, -0.05) is 0 Å². The minimum Gasteiger partial charge on any atom is -0.475 e. The molecule has 0 unspecified atom stereocenters. The number of ether oxygens (including phenoxy) is 1. The zero-order valence-corrected chi connectivity index (χ0v) is 12.6. The molecule has 1 aromatic heterocycles. The van der Waals surface area contributed by atoms with Crippen molar-refractivity contribution in [1.82, 2.24) is 4.98 Å². The Labute approximate surface area is 139 Å². The third-order valence-electron chi connectivity index (χ3n) is 3.07. The van der Waals surface area contributed by atoms with E-state index in [4.69, 9.17) is 10.00 Å². The fraction of sp³-hybridized carbons (Fsp3) is 0.200. The lowest BCUT2D eigenvalue weighted by molar-refractivity contribution is -0.384. The molecule has 7 nitrogen and oxygen atoms in total. The van der Waals surface area contributed by atoms with Gasteiger partial charge in [0.25, 0.3) is 5.69 Å². The zero-order valence-electron chi connectivity index (χ0n) is 12.6. The van der Waals surface area contributed by atoms with Crippen molar-refractivity contribution < 1.29 is 22.8 Å². The average molecular weight is 352 g/mol. The number of benzene rings is 1. The van der Waals surface area contributed by atoms with Crippen LogP contribution in [0.5, 0.6) is 5.88 Å². The Morgan fingerprint density at radius 3 is 2.76 bits per heavy atom. The van der Waals surface area contributed by atoms with E-state index in [-0.39, 0.29) is 24.4 Å². The van der Waals surface area contributed by atoms with Crippen molar-refractivity contribution in [1.29, 1.82) is 5.26 Å². The maximum absolute atomic E-state index is 12.8. The second-order valence-corrected chi connectivity index (χ2v) is 4.73. The molecule has 2 rings (SSSR count). The van der Waals surface area contributed by atoms with Crippen LogP contribution in [0.1, 0.15) is 11.1 Å². The number of hydrogen-bond donors (Lipinski definition) is 1. The largest absolute Gasteiger partial charge is 0.475 e. The van der Waals surface area contributed by atoms with Crippen molar-refractivity contribution in [3.63, 3.8) is 0 Å². The summed E-state index contributed by atoms with van der Waals surface area (Å²) in [6.07, 6.45) is -3.40. The van der Waals surface area contributed by atoms with Crippen LogP contribution in [0.15, 0.2) is 36.5 Å². The highest BCUT2D eigenvalue weighted by Gasteiger charge is 2.34. The highest BCUT2D eigenvalue weighted by atomic mass is 19.4. The van der Waals surface area contributed by atoms with Gasteiger partial charge in [-0.2, -0.15) is 18.4 Å². The Balaban J connectivity index is 1.99. The van der Waals surface area contributed by atoms with Crippen molar-refractivity contribution in [2.24, 2.45) is 0 Å². The fourth-order valence-electron chi connectivity index (χ4n) is 1.95. The Kier molecular flexibility index (Phi) is 5.38. The van der Waals surface area contributed by atoms with Crippen LogP contribution in [-0.4, -0.2) is 23.1 Å². The molecule has 0 fully saturated rings. The Bertz CT molecular complexity index is 818. The number of alkyl halides is 3. The Morgan fingerprint density at radius 1 is 1.36 bits per heavy atom. The Hall–Kier alpha value is -3.35. The summed E-state index contributed by atoms with van der Waals surface area (Å²) in [6, 6.07) is 7.49. The summed E-state index contributed by atoms with van der Waals surface area (Å²) in [6.45, 7) is -0.0810. The molecule has 0 aliphatic carbocycles. The number of halogens is 3. The van der Waals surface area contributed by atoms with Gasteiger partial charge in [0.15, 0.2) is 0 Å². The molecule has 0 radical (unpaired) electrons. The number of nitrogens with zero attached hydrogens (tertiary/aromatic N) is 3. The van der Waals surface area contributed by atoms with E-state index in [1.165, 1.54) is 18.3 Å². The van der Waals surface area contributed by atoms with Gasteiger partial charge in [-0.3, -0.25) is 10.1 Å². The third kappa shape index (κ3) is 4.57.